The Morgan fingerprint density at radius 2 is 1.70 bits per heavy atom. The van der Waals surface area contributed by atoms with E-state index in [0.29, 0.717) is 23.7 Å². The van der Waals surface area contributed by atoms with Crippen molar-refractivity contribution in [3.63, 3.8) is 0 Å². The topological polar surface area (TPSA) is 86.7 Å². The Bertz CT molecular complexity index is 634. The van der Waals surface area contributed by atoms with E-state index in [2.05, 4.69) is 0 Å². The molecule has 0 aromatic heterocycles. The van der Waals surface area contributed by atoms with E-state index in [1.165, 1.54) is 0 Å². The molecule has 0 atom stereocenters. The summed E-state index contributed by atoms with van der Waals surface area (Å²) < 4.78 is 22.2. The van der Waals surface area contributed by atoms with Gasteiger partial charge in [0.25, 0.3) is 0 Å². The molecule has 1 aromatic carbocycles. The van der Waals surface area contributed by atoms with Crippen molar-refractivity contribution in [1.29, 1.82) is 0 Å². The van der Waals surface area contributed by atoms with Gasteiger partial charge in [-0.15, -0.1) is 0 Å². The summed E-state index contributed by atoms with van der Waals surface area (Å²) in [5, 5.41) is 0. The summed E-state index contributed by atoms with van der Waals surface area (Å²) in [6.45, 7) is 3.28. The van der Waals surface area contributed by atoms with E-state index in [9.17, 15) is 18.8 Å². The van der Waals surface area contributed by atoms with E-state index < -0.39 is 14.9 Å². The number of carbonyl (C=O) groups is 3. The Morgan fingerprint density at radius 1 is 1.05 bits per heavy atom. The fourth-order valence-corrected chi connectivity index (χ4v) is 2.96. The summed E-state index contributed by atoms with van der Waals surface area (Å²) in [7, 11) is -2.51. The Morgan fingerprint density at radius 3 is 2.30 bits per heavy atom. The van der Waals surface area contributed by atoms with Crippen LogP contribution in [0.2, 0.25) is 6.04 Å². The van der Waals surface area contributed by atoms with Crippen LogP contribution in [0.25, 0.3) is 0 Å². The van der Waals surface area contributed by atoms with Crippen molar-refractivity contribution in [2.45, 2.75) is 26.3 Å². The lowest BCUT2D eigenvalue weighted by Crippen LogP contribution is -2.22. The lowest BCUT2D eigenvalue weighted by atomic mass is 9.97. The van der Waals surface area contributed by atoms with Crippen LogP contribution in [-0.2, 0) is 9.26 Å². The molecule has 1 aromatic rings. The molecular weight excluding hydrogens is 280 g/mol. The van der Waals surface area contributed by atoms with Crippen LogP contribution in [0, 0.1) is 13.8 Å². The minimum atomic E-state index is -2.51. The molecular formula is C13H12O6Si. The standard InChI is InChI=1S/C13H12O6Si/c1-7-8(2)12-13(10(6-15)9(7)5-14)19-20(17)4-3-11(16)18-12/h5-6H,3-4H2,1-2H3. The second-order valence-electron chi connectivity index (χ2n) is 4.42. The molecule has 1 aliphatic heterocycles. The number of fused-ring (bicyclic) bond motifs is 1. The Labute approximate surface area is 116 Å². The van der Waals surface area contributed by atoms with Crippen LogP contribution in [0.15, 0.2) is 0 Å². The molecule has 0 spiro atoms. The highest BCUT2D eigenvalue weighted by molar-refractivity contribution is 6.36. The zero-order chi connectivity index (χ0) is 14.9. The third-order valence-corrected chi connectivity index (χ3v) is 4.34. The molecule has 0 saturated heterocycles. The predicted molar refractivity (Wildman–Crippen MR) is 68.8 cm³/mol. The fraction of sp³-hybridized carbons (Fsp3) is 0.308. The summed E-state index contributed by atoms with van der Waals surface area (Å²) in [6, 6.07) is 0.0462. The van der Waals surface area contributed by atoms with Gasteiger partial charge in [-0.3, -0.25) is 14.4 Å². The first-order chi connectivity index (χ1) is 9.49. The number of benzene rings is 1. The van der Waals surface area contributed by atoms with Crippen molar-refractivity contribution in [3.05, 3.63) is 22.3 Å². The van der Waals surface area contributed by atoms with Gasteiger partial charge in [0.1, 0.15) is 0 Å². The van der Waals surface area contributed by atoms with Gasteiger partial charge in [0.2, 0.25) is 0 Å². The molecule has 7 heteroatoms. The van der Waals surface area contributed by atoms with E-state index >= 15 is 0 Å². The van der Waals surface area contributed by atoms with Gasteiger partial charge in [-0.1, -0.05) is 0 Å². The third-order valence-electron chi connectivity index (χ3n) is 3.25. The number of hydrogen-bond acceptors (Lipinski definition) is 6. The van der Waals surface area contributed by atoms with Gasteiger partial charge >= 0.3 is 14.9 Å². The molecule has 0 amide bonds. The summed E-state index contributed by atoms with van der Waals surface area (Å²) in [6.07, 6.45) is 0.967. The number of esters is 1. The maximum atomic E-state index is 11.8. The predicted octanol–water partition coefficient (Wildman–Crippen LogP) is 1.54. The van der Waals surface area contributed by atoms with Crippen LogP contribution in [0.3, 0.4) is 0 Å². The van der Waals surface area contributed by atoms with Crippen molar-refractivity contribution in [1.82, 2.24) is 0 Å². The highest BCUT2D eigenvalue weighted by Crippen LogP contribution is 2.39. The number of aldehydes is 2. The van der Waals surface area contributed by atoms with E-state index in [1.54, 1.807) is 13.8 Å². The summed E-state index contributed by atoms with van der Waals surface area (Å²) >= 11 is 0. The van der Waals surface area contributed by atoms with Crippen molar-refractivity contribution in [2.24, 2.45) is 0 Å². The average Bonchev–Trinajstić information content (AvgIpc) is 2.42. The molecule has 1 aliphatic rings. The molecule has 2 rings (SSSR count). The summed E-state index contributed by atoms with van der Waals surface area (Å²) in [5.41, 5.74) is 1.16. The highest BCUT2D eigenvalue weighted by Gasteiger charge is 2.28. The van der Waals surface area contributed by atoms with Crippen LogP contribution in [0.4, 0.5) is 0 Å². The van der Waals surface area contributed by atoms with E-state index in [4.69, 9.17) is 9.16 Å². The zero-order valence-corrected chi connectivity index (χ0v) is 12.0. The first-order valence-corrected chi connectivity index (χ1v) is 7.50. The second kappa shape index (κ2) is 5.46. The van der Waals surface area contributed by atoms with Gasteiger partial charge in [0.15, 0.2) is 24.1 Å². The first-order valence-electron chi connectivity index (χ1n) is 5.98. The number of ether oxygens (including phenoxy) is 1. The van der Waals surface area contributed by atoms with Gasteiger partial charge in [0.05, 0.1) is 12.0 Å². The largest absolute Gasteiger partial charge is 0.508 e. The molecule has 0 aliphatic carbocycles. The van der Waals surface area contributed by atoms with Gasteiger partial charge in [-0.05, 0) is 25.0 Å². The molecule has 0 radical (unpaired) electrons. The monoisotopic (exact) mass is 292 g/mol. The van der Waals surface area contributed by atoms with E-state index in [1.807, 2.05) is 0 Å². The normalized spacial score (nSPS) is 14.5. The van der Waals surface area contributed by atoms with Gasteiger partial charge in [-0.2, -0.15) is 0 Å². The number of carbonyl (C=O) groups excluding carboxylic acids is 3. The smallest absolute Gasteiger partial charge is 0.483 e. The van der Waals surface area contributed by atoms with E-state index in [-0.39, 0.29) is 35.1 Å². The number of hydrogen-bond donors (Lipinski definition) is 0. The van der Waals surface area contributed by atoms with Crippen LogP contribution < -0.4 is 9.16 Å². The molecule has 20 heavy (non-hydrogen) atoms. The maximum Gasteiger partial charge on any atom is 0.508 e. The Hall–Kier alpha value is -2.15. The number of rotatable bonds is 2. The second-order valence-corrected chi connectivity index (χ2v) is 5.87. The van der Waals surface area contributed by atoms with Crippen LogP contribution in [0.5, 0.6) is 11.5 Å². The molecule has 0 saturated carbocycles. The van der Waals surface area contributed by atoms with Gasteiger partial charge in [0, 0.05) is 11.6 Å². The summed E-state index contributed by atoms with van der Waals surface area (Å²) in [4.78, 5) is 34.0. The van der Waals surface area contributed by atoms with Crippen LogP contribution >= 0.6 is 0 Å². The molecule has 104 valence electrons. The van der Waals surface area contributed by atoms with Gasteiger partial charge in [-0.25, -0.2) is 0 Å². The van der Waals surface area contributed by atoms with Crippen LogP contribution in [0.1, 0.15) is 38.3 Å². The zero-order valence-electron chi connectivity index (χ0n) is 11.0. The first kappa shape index (κ1) is 14.3. The molecule has 6 nitrogen and oxygen atoms in total. The average molecular weight is 292 g/mol. The molecule has 0 fully saturated rings. The molecule has 1 heterocycles. The quantitative estimate of drug-likeness (QED) is 0.355. The molecule has 0 unspecified atom stereocenters. The minimum Gasteiger partial charge on any atom is -0.483 e. The maximum absolute atomic E-state index is 11.8. The molecule has 0 N–H and O–H groups in total. The highest BCUT2D eigenvalue weighted by atomic mass is 28.3. The van der Waals surface area contributed by atoms with Gasteiger partial charge < -0.3 is 13.6 Å². The van der Waals surface area contributed by atoms with Crippen LogP contribution in [-0.4, -0.2) is 27.5 Å². The fourth-order valence-electron chi connectivity index (χ4n) is 2.02. The Balaban J connectivity index is 2.79. The summed E-state index contributed by atoms with van der Waals surface area (Å²) in [5.74, 6) is -0.550. The van der Waals surface area contributed by atoms with Crippen molar-refractivity contribution in [2.75, 3.05) is 0 Å². The third kappa shape index (κ3) is 2.31. The minimum absolute atomic E-state index is 0.0123. The van der Waals surface area contributed by atoms with Crippen molar-refractivity contribution >= 4 is 27.5 Å². The van der Waals surface area contributed by atoms with Crippen molar-refractivity contribution < 1.29 is 28.0 Å². The Kier molecular flexibility index (Phi) is 3.89. The lowest BCUT2D eigenvalue weighted by Gasteiger charge is -2.20. The lowest BCUT2D eigenvalue weighted by molar-refractivity contribution is -0.134. The van der Waals surface area contributed by atoms with Crippen molar-refractivity contribution in [3.8, 4) is 11.5 Å². The molecule has 0 bridgehead atoms. The SMILES string of the molecule is Cc1c(C)c2c(c(C=O)c1C=O)O[Si](=O)CCC(=O)O2. The van der Waals surface area contributed by atoms with E-state index in [0.717, 1.165) is 0 Å².